The zero-order valence-corrected chi connectivity index (χ0v) is 14.2. The third-order valence-corrected chi connectivity index (χ3v) is 4.15. The van der Waals surface area contributed by atoms with E-state index in [-0.39, 0.29) is 17.4 Å². The van der Waals surface area contributed by atoms with Crippen LogP contribution in [0.5, 0.6) is 5.75 Å². The van der Waals surface area contributed by atoms with Crippen molar-refractivity contribution in [3.63, 3.8) is 0 Å². The largest absolute Gasteiger partial charge is 0.496 e. The fourth-order valence-electron chi connectivity index (χ4n) is 2.85. The smallest absolute Gasteiger partial charge is 0.223 e. The van der Waals surface area contributed by atoms with Crippen LogP contribution in [0.4, 0.5) is 0 Å². The van der Waals surface area contributed by atoms with Crippen LogP contribution in [0.25, 0.3) is 0 Å². The predicted octanol–water partition coefficient (Wildman–Crippen LogP) is 2.99. The zero-order chi connectivity index (χ0) is 16.2. The van der Waals surface area contributed by atoms with E-state index in [2.05, 4.69) is 32.2 Å². The molecule has 1 amide bonds. The van der Waals surface area contributed by atoms with Crippen molar-refractivity contribution in [2.45, 2.75) is 39.7 Å². The van der Waals surface area contributed by atoms with Gasteiger partial charge in [-0.15, -0.1) is 0 Å². The number of carbonyl (C=O) groups excluding carboxylic acids is 1. The van der Waals surface area contributed by atoms with E-state index in [0.29, 0.717) is 6.42 Å². The highest BCUT2D eigenvalue weighted by Crippen LogP contribution is 2.31. The van der Waals surface area contributed by atoms with E-state index in [4.69, 9.17) is 4.74 Å². The zero-order valence-electron chi connectivity index (χ0n) is 14.2. The Morgan fingerprint density at radius 2 is 2.09 bits per heavy atom. The highest BCUT2D eigenvalue weighted by molar-refractivity contribution is 5.77. The number of nitrogens with zero attached hydrogens (tertiary/aromatic N) is 1. The van der Waals surface area contributed by atoms with E-state index < -0.39 is 0 Å². The fourth-order valence-corrected chi connectivity index (χ4v) is 2.85. The highest BCUT2D eigenvalue weighted by atomic mass is 16.5. The van der Waals surface area contributed by atoms with Gasteiger partial charge in [0.2, 0.25) is 5.91 Å². The number of hydrogen-bond acceptors (Lipinski definition) is 3. The van der Waals surface area contributed by atoms with Crippen molar-refractivity contribution in [1.29, 1.82) is 0 Å². The molecule has 0 aliphatic carbocycles. The number of hydrogen-bond donors (Lipinski definition) is 1. The molecule has 1 aliphatic rings. The number of nitrogens with one attached hydrogen (secondary N) is 1. The summed E-state index contributed by atoms with van der Waals surface area (Å²) in [5.74, 6) is 1.09. The Hall–Kier alpha value is -1.55. The van der Waals surface area contributed by atoms with Gasteiger partial charge in [0.15, 0.2) is 0 Å². The first kappa shape index (κ1) is 16.8. The lowest BCUT2D eigenvalue weighted by molar-refractivity contribution is -0.135. The highest BCUT2D eigenvalue weighted by Gasteiger charge is 2.30. The second-order valence-corrected chi connectivity index (χ2v) is 7.11. The summed E-state index contributed by atoms with van der Waals surface area (Å²) < 4.78 is 5.48. The molecule has 1 aromatic rings. The molecule has 122 valence electrons. The number of rotatable bonds is 4. The Morgan fingerprint density at radius 1 is 1.36 bits per heavy atom. The minimum absolute atomic E-state index is 0.0531. The van der Waals surface area contributed by atoms with Crippen molar-refractivity contribution in [3.8, 4) is 5.75 Å². The number of methoxy groups -OCH3 is 1. The first-order valence-corrected chi connectivity index (χ1v) is 8.05. The van der Waals surface area contributed by atoms with Gasteiger partial charge in [-0.05, 0) is 17.9 Å². The molecule has 1 saturated heterocycles. The maximum Gasteiger partial charge on any atom is 0.223 e. The Bertz CT molecular complexity index is 508. The molecule has 0 radical (unpaired) electrons. The number of amides is 1. The fraction of sp³-hybridized carbons (Fsp3) is 0.611. The van der Waals surface area contributed by atoms with Crippen molar-refractivity contribution in [2.75, 3.05) is 26.7 Å². The van der Waals surface area contributed by atoms with Crippen LogP contribution < -0.4 is 10.1 Å². The number of benzene rings is 1. The molecule has 1 aliphatic heterocycles. The molecule has 0 bridgehead atoms. The molecule has 1 aromatic carbocycles. The summed E-state index contributed by atoms with van der Waals surface area (Å²) in [7, 11) is 1.68. The van der Waals surface area contributed by atoms with Crippen molar-refractivity contribution < 1.29 is 9.53 Å². The Kier molecular flexibility index (Phi) is 5.46. The molecule has 1 unspecified atom stereocenters. The summed E-state index contributed by atoms with van der Waals surface area (Å²) in [5, 5.41) is 3.39. The molecule has 22 heavy (non-hydrogen) atoms. The second-order valence-electron chi connectivity index (χ2n) is 7.11. The Morgan fingerprint density at radius 3 is 2.77 bits per heavy atom. The lowest BCUT2D eigenvalue weighted by atomic mass is 9.90. The molecule has 4 nitrogen and oxygen atoms in total. The van der Waals surface area contributed by atoms with E-state index in [9.17, 15) is 4.79 Å². The lowest BCUT2D eigenvalue weighted by Crippen LogP contribution is -2.48. The maximum atomic E-state index is 12.7. The molecule has 0 saturated carbocycles. The van der Waals surface area contributed by atoms with Gasteiger partial charge in [-0.1, -0.05) is 39.0 Å². The van der Waals surface area contributed by atoms with Crippen LogP contribution in [-0.2, 0) is 4.79 Å². The summed E-state index contributed by atoms with van der Waals surface area (Å²) >= 11 is 0. The average Bonchev–Trinajstić information content (AvgIpc) is 2.52. The molecule has 1 heterocycles. The number of piperazine rings is 1. The van der Waals surface area contributed by atoms with Gasteiger partial charge in [0.05, 0.1) is 13.2 Å². The topological polar surface area (TPSA) is 41.6 Å². The molecule has 0 spiro atoms. The van der Waals surface area contributed by atoms with E-state index in [0.717, 1.165) is 37.4 Å². The summed E-state index contributed by atoms with van der Waals surface area (Å²) in [6.07, 6.45) is 1.52. The summed E-state index contributed by atoms with van der Waals surface area (Å²) in [4.78, 5) is 14.7. The Labute approximate surface area is 133 Å². The lowest BCUT2D eigenvalue weighted by Gasteiger charge is -2.37. The van der Waals surface area contributed by atoms with E-state index in [1.54, 1.807) is 7.11 Å². The quantitative estimate of drug-likeness (QED) is 0.930. The molecular weight excluding hydrogens is 276 g/mol. The molecule has 4 heteroatoms. The monoisotopic (exact) mass is 304 g/mol. The van der Waals surface area contributed by atoms with Crippen molar-refractivity contribution >= 4 is 5.91 Å². The van der Waals surface area contributed by atoms with Crippen LogP contribution in [0.3, 0.4) is 0 Å². The normalized spacial score (nSPS) is 19.1. The van der Waals surface area contributed by atoms with Crippen LogP contribution >= 0.6 is 0 Å². The van der Waals surface area contributed by atoms with Crippen LogP contribution in [-0.4, -0.2) is 37.6 Å². The average molecular weight is 304 g/mol. The van der Waals surface area contributed by atoms with Crippen LogP contribution in [0.1, 0.15) is 45.2 Å². The third kappa shape index (κ3) is 4.23. The van der Waals surface area contributed by atoms with Gasteiger partial charge in [-0.25, -0.2) is 0 Å². The molecule has 2 rings (SSSR count). The van der Waals surface area contributed by atoms with Crippen LogP contribution in [0, 0.1) is 5.41 Å². The standard InChI is InChI=1S/C18H28N2O2/c1-18(2,3)10-9-17(21)20-12-11-19-13-15(20)14-7-5-6-8-16(14)22-4/h5-8,15,19H,9-13H2,1-4H3. The molecular formula is C18H28N2O2. The van der Waals surface area contributed by atoms with Crippen molar-refractivity contribution in [1.82, 2.24) is 10.2 Å². The van der Waals surface area contributed by atoms with Crippen LogP contribution in [0.15, 0.2) is 24.3 Å². The minimum Gasteiger partial charge on any atom is -0.496 e. The van der Waals surface area contributed by atoms with E-state index in [1.807, 2.05) is 23.1 Å². The summed E-state index contributed by atoms with van der Waals surface area (Å²) in [5.41, 5.74) is 1.27. The molecule has 1 fully saturated rings. The molecule has 1 N–H and O–H groups in total. The maximum absolute atomic E-state index is 12.7. The van der Waals surface area contributed by atoms with Gasteiger partial charge in [0.1, 0.15) is 5.75 Å². The number of carbonyl (C=O) groups is 1. The predicted molar refractivity (Wildman–Crippen MR) is 89.0 cm³/mol. The van der Waals surface area contributed by atoms with Crippen molar-refractivity contribution in [2.24, 2.45) is 5.41 Å². The van der Waals surface area contributed by atoms with Gasteiger partial charge >= 0.3 is 0 Å². The molecule has 0 aromatic heterocycles. The minimum atomic E-state index is 0.0531. The van der Waals surface area contributed by atoms with Gasteiger partial charge in [-0.2, -0.15) is 0 Å². The van der Waals surface area contributed by atoms with Crippen molar-refractivity contribution in [3.05, 3.63) is 29.8 Å². The first-order valence-electron chi connectivity index (χ1n) is 8.05. The second kappa shape index (κ2) is 7.14. The van der Waals surface area contributed by atoms with Crippen LogP contribution in [0.2, 0.25) is 0 Å². The molecule has 1 atom stereocenters. The van der Waals surface area contributed by atoms with Gasteiger partial charge < -0.3 is 15.0 Å². The summed E-state index contributed by atoms with van der Waals surface area (Å²) in [6.45, 7) is 8.92. The number of ether oxygens (including phenoxy) is 1. The first-order chi connectivity index (χ1) is 10.4. The van der Waals surface area contributed by atoms with Gasteiger partial charge in [0, 0.05) is 31.6 Å². The SMILES string of the molecule is COc1ccccc1C1CNCCN1C(=O)CCC(C)(C)C. The third-order valence-electron chi connectivity index (χ3n) is 4.15. The van der Waals surface area contributed by atoms with Gasteiger partial charge in [-0.3, -0.25) is 4.79 Å². The summed E-state index contributed by atoms with van der Waals surface area (Å²) in [6, 6.07) is 8.04. The Balaban J connectivity index is 2.16. The van der Waals surface area contributed by atoms with Gasteiger partial charge in [0.25, 0.3) is 0 Å². The number of para-hydroxylation sites is 1. The van der Waals surface area contributed by atoms with E-state index in [1.165, 1.54) is 0 Å². The van der Waals surface area contributed by atoms with E-state index >= 15 is 0 Å².